The Morgan fingerprint density at radius 2 is 2.31 bits per heavy atom. The molecule has 0 amide bonds. The predicted molar refractivity (Wildman–Crippen MR) is 61.3 cm³/mol. The Morgan fingerprint density at radius 1 is 1.46 bits per heavy atom. The summed E-state index contributed by atoms with van der Waals surface area (Å²) in [6.07, 6.45) is 2.49. The third-order valence-electron chi connectivity index (χ3n) is 2.25. The van der Waals surface area contributed by atoms with Gasteiger partial charge in [0.05, 0.1) is 4.95 Å². The molecule has 1 heterocycles. The highest BCUT2D eigenvalue weighted by Crippen LogP contribution is 2.32. The minimum Gasteiger partial charge on any atom is -0.315 e. The van der Waals surface area contributed by atoms with E-state index < -0.39 is 0 Å². The zero-order chi connectivity index (χ0) is 9.26. The second kappa shape index (κ2) is 4.03. The molecule has 0 aromatic heterocycles. The number of rotatable bonds is 1. The van der Waals surface area contributed by atoms with Crippen molar-refractivity contribution in [2.75, 3.05) is 5.75 Å². The van der Waals surface area contributed by atoms with Crippen molar-refractivity contribution in [3.63, 3.8) is 0 Å². The van der Waals surface area contributed by atoms with Gasteiger partial charge in [0.15, 0.2) is 0 Å². The number of hydrogen-bond acceptors (Lipinski definition) is 2. The lowest BCUT2D eigenvalue weighted by Crippen LogP contribution is -2.04. The molecule has 13 heavy (non-hydrogen) atoms. The van der Waals surface area contributed by atoms with E-state index in [0.29, 0.717) is 0 Å². The van der Waals surface area contributed by atoms with Gasteiger partial charge in [-0.3, -0.25) is 0 Å². The molecule has 0 fully saturated rings. The summed E-state index contributed by atoms with van der Waals surface area (Å²) in [6.45, 7) is 0. The highest BCUT2D eigenvalue weighted by molar-refractivity contribution is 9.09. The molecule has 1 aliphatic heterocycles. The highest BCUT2D eigenvalue weighted by Gasteiger charge is 2.11. The monoisotopic (exact) mass is 257 g/mol. The van der Waals surface area contributed by atoms with Gasteiger partial charge in [-0.2, -0.15) is 0 Å². The van der Waals surface area contributed by atoms with E-state index >= 15 is 0 Å². The Bertz CT molecular complexity index is 312. The van der Waals surface area contributed by atoms with Gasteiger partial charge in [0, 0.05) is 4.90 Å². The molecule has 1 aliphatic rings. The van der Waals surface area contributed by atoms with Gasteiger partial charge in [0.2, 0.25) is 0 Å². The van der Waals surface area contributed by atoms with Gasteiger partial charge in [-0.25, -0.2) is 0 Å². The van der Waals surface area contributed by atoms with E-state index in [2.05, 4.69) is 34.1 Å². The fourth-order valence-electron chi connectivity index (χ4n) is 1.55. The van der Waals surface area contributed by atoms with Crippen molar-refractivity contribution < 1.29 is 0 Å². The summed E-state index contributed by atoms with van der Waals surface area (Å²) in [5.41, 5.74) is 8.40. The zero-order valence-corrected chi connectivity index (χ0v) is 9.70. The minimum atomic E-state index is -0.0234. The lowest BCUT2D eigenvalue weighted by atomic mass is 10.1. The molecule has 0 saturated carbocycles. The van der Waals surface area contributed by atoms with Crippen molar-refractivity contribution in [1.82, 2.24) is 0 Å². The quantitative estimate of drug-likeness (QED) is 0.618. The lowest BCUT2D eigenvalue weighted by molar-refractivity contribution is 0.882. The first-order chi connectivity index (χ1) is 6.27. The molecule has 0 radical (unpaired) electrons. The SMILES string of the molecule is NC(Br)c1ccc2c(c1)CCCS2. The molecular formula is C10H12BrNS. The maximum Gasteiger partial charge on any atom is 0.0861 e. The molecule has 70 valence electrons. The van der Waals surface area contributed by atoms with Crippen molar-refractivity contribution in [3.05, 3.63) is 29.3 Å². The first-order valence-electron chi connectivity index (χ1n) is 4.42. The van der Waals surface area contributed by atoms with Crippen LogP contribution in [0.15, 0.2) is 23.1 Å². The number of benzene rings is 1. The maximum atomic E-state index is 5.76. The lowest BCUT2D eigenvalue weighted by Gasteiger charge is -2.16. The number of halogens is 1. The molecule has 1 aromatic carbocycles. The van der Waals surface area contributed by atoms with Crippen molar-refractivity contribution in [2.45, 2.75) is 22.7 Å². The summed E-state index contributed by atoms with van der Waals surface area (Å²) in [7, 11) is 0. The van der Waals surface area contributed by atoms with Crippen LogP contribution >= 0.6 is 27.7 Å². The van der Waals surface area contributed by atoms with Crippen molar-refractivity contribution >= 4 is 27.7 Å². The Kier molecular flexibility index (Phi) is 2.96. The van der Waals surface area contributed by atoms with Gasteiger partial charge >= 0.3 is 0 Å². The Labute approximate surface area is 91.2 Å². The summed E-state index contributed by atoms with van der Waals surface area (Å²) >= 11 is 5.33. The second-order valence-corrected chi connectivity index (χ2v) is 5.34. The normalized spacial score (nSPS) is 18.0. The predicted octanol–water partition coefficient (Wildman–Crippen LogP) is 3.08. The molecular weight excluding hydrogens is 246 g/mol. The van der Waals surface area contributed by atoms with Gasteiger partial charge in [-0.1, -0.05) is 28.1 Å². The number of aryl methyl sites for hydroxylation is 1. The third-order valence-corrected chi connectivity index (χ3v) is 3.98. The molecule has 1 atom stereocenters. The van der Waals surface area contributed by atoms with E-state index in [4.69, 9.17) is 5.73 Å². The van der Waals surface area contributed by atoms with Gasteiger partial charge < -0.3 is 5.73 Å². The van der Waals surface area contributed by atoms with E-state index in [0.717, 1.165) is 0 Å². The molecule has 0 aliphatic carbocycles. The zero-order valence-electron chi connectivity index (χ0n) is 7.29. The van der Waals surface area contributed by atoms with Crippen LogP contribution in [0.2, 0.25) is 0 Å². The molecule has 0 bridgehead atoms. The van der Waals surface area contributed by atoms with Gasteiger partial charge in [-0.05, 0) is 35.8 Å². The van der Waals surface area contributed by atoms with Crippen LogP contribution in [0.5, 0.6) is 0 Å². The topological polar surface area (TPSA) is 26.0 Å². The molecule has 1 nitrogen and oxygen atoms in total. The third kappa shape index (κ3) is 2.09. The summed E-state index contributed by atoms with van der Waals surface area (Å²) < 4.78 is 0. The van der Waals surface area contributed by atoms with Crippen LogP contribution in [-0.4, -0.2) is 5.75 Å². The molecule has 2 N–H and O–H groups in total. The Balaban J connectivity index is 2.35. The van der Waals surface area contributed by atoms with Crippen molar-refractivity contribution in [1.29, 1.82) is 0 Å². The van der Waals surface area contributed by atoms with Crippen LogP contribution in [0.25, 0.3) is 0 Å². The van der Waals surface area contributed by atoms with E-state index in [9.17, 15) is 0 Å². The van der Waals surface area contributed by atoms with Crippen LogP contribution in [0.1, 0.15) is 22.5 Å². The smallest absolute Gasteiger partial charge is 0.0861 e. The largest absolute Gasteiger partial charge is 0.315 e. The standard InChI is InChI=1S/C10H12BrNS/c11-10(12)8-3-4-9-7(6-8)2-1-5-13-9/h3-4,6,10H,1-2,5,12H2. The molecule has 3 heteroatoms. The van der Waals surface area contributed by atoms with Crippen LogP contribution < -0.4 is 5.73 Å². The summed E-state index contributed by atoms with van der Waals surface area (Å²) in [5.74, 6) is 1.26. The Morgan fingerprint density at radius 3 is 3.08 bits per heavy atom. The second-order valence-electron chi connectivity index (χ2n) is 3.22. The Hall–Kier alpha value is 0.01000. The minimum absolute atomic E-state index is 0.0234. The average Bonchev–Trinajstić information content (AvgIpc) is 2.17. The number of nitrogens with two attached hydrogens (primary N) is 1. The van der Waals surface area contributed by atoms with Gasteiger partial charge in [0.1, 0.15) is 0 Å². The van der Waals surface area contributed by atoms with E-state index in [1.54, 1.807) is 0 Å². The fraction of sp³-hybridized carbons (Fsp3) is 0.400. The summed E-state index contributed by atoms with van der Waals surface area (Å²) in [4.78, 5) is 1.41. The summed E-state index contributed by atoms with van der Waals surface area (Å²) in [6, 6.07) is 6.52. The summed E-state index contributed by atoms with van der Waals surface area (Å²) in [5, 5.41) is 0. The van der Waals surface area contributed by atoms with Crippen LogP contribution in [-0.2, 0) is 6.42 Å². The molecule has 1 unspecified atom stereocenters. The van der Waals surface area contributed by atoms with Crippen LogP contribution in [0.3, 0.4) is 0 Å². The molecule has 0 saturated heterocycles. The fourth-order valence-corrected chi connectivity index (χ4v) is 2.86. The molecule has 0 spiro atoms. The van der Waals surface area contributed by atoms with Crippen LogP contribution in [0.4, 0.5) is 0 Å². The first kappa shape index (κ1) is 9.56. The first-order valence-corrected chi connectivity index (χ1v) is 6.33. The van der Waals surface area contributed by atoms with Crippen molar-refractivity contribution in [2.24, 2.45) is 5.73 Å². The number of hydrogen-bond donors (Lipinski definition) is 1. The van der Waals surface area contributed by atoms with Gasteiger partial charge in [-0.15, -0.1) is 11.8 Å². The average molecular weight is 258 g/mol. The number of fused-ring (bicyclic) bond motifs is 1. The highest BCUT2D eigenvalue weighted by atomic mass is 79.9. The maximum absolute atomic E-state index is 5.76. The molecule has 1 aromatic rings. The van der Waals surface area contributed by atoms with Gasteiger partial charge in [0.25, 0.3) is 0 Å². The van der Waals surface area contributed by atoms with E-state index in [1.807, 2.05) is 11.8 Å². The van der Waals surface area contributed by atoms with E-state index in [-0.39, 0.29) is 4.95 Å². The van der Waals surface area contributed by atoms with Crippen molar-refractivity contribution in [3.8, 4) is 0 Å². The van der Waals surface area contributed by atoms with Crippen LogP contribution in [0, 0.1) is 0 Å². The molecule has 2 rings (SSSR count). The number of alkyl halides is 1. The van der Waals surface area contributed by atoms with E-state index in [1.165, 1.54) is 34.6 Å². The number of thioether (sulfide) groups is 1.